The van der Waals surface area contributed by atoms with Crippen LogP contribution in [0, 0.1) is 11.7 Å². The number of aliphatic imine (C=N–C) groups is 1. The highest BCUT2D eigenvalue weighted by atomic mass is 35.5. The Kier molecular flexibility index (Phi) is 9.18. The first-order valence-electron chi connectivity index (χ1n) is 10.6. The molecule has 2 rings (SSSR count). The van der Waals surface area contributed by atoms with Crippen molar-refractivity contribution in [3.05, 3.63) is 34.6 Å². The first kappa shape index (κ1) is 23.9. The maximum Gasteiger partial charge on any atom is 0.191 e. The molecule has 1 aliphatic heterocycles. The Labute approximate surface area is 180 Å². The van der Waals surface area contributed by atoms with Gasteiger partial charge in [-0.2, -0.15) is 0 Å². The zero-order valence-electron chi connectivity index (χ0n) is 18.6. The van der Waals surface area contributed by atoms with Crippen LogP contribution in [0.1, 0.15) is 33.3 Å². The molecule has 0 radical (unpaired) electrons. The number of nitrogens with one attached hydrogen (secondary N) is 2. The number of piperazine rings is 1. The van der Waals surface area contributed by atoms with Crippen LogP contribution >= 0.6 is 11.6 Å². The first-order valence-corrected chi connectivity index (χ1v) is 11.0. The Balaban J connectivity index is 1.78. The average molecular weight is 426 g/mol. The van der Waals surface area contributed by atoms with Crippen LogP contribution in [-0.4, -0.2) is 75.2 Å². The lowest BCUT2D eigenvalue weighted by Gasteiger charge is -2.35. The van der Waals surface area contributed by atoms with Crippen LogP contribution in [0.5, 0.6) is 0 Å². The lowest BCUT2D eigenvalue weighted by molar-refractivity contribution is 0.124. The number of hydrogen-bond donors (Lipinski definition) is 2. The molecule has 164 valence electrons. The molecule has 0 saturated carbocycles. The van der Waals surface area contributed by atoms with E-state index < -0.39 is 0 Å². The van der Waals surface area contributed by atoms with Crippen molar-refractivity contribution >= 4 is 17.6 Å². The number of nitrogens with zero attached hydrogens (tertiary/aromatic N) is 3. The minimum atomic E-state index is -0.315. The van der Waals surface area contributed by atoms with Crippen molar-refractivity contribution in [3.63, 3.8) is 0 Å². The van der Waals surface area contributed by atoms with E-state index in [1.807, 2.05) is 0 Å². The highest BCUT2D eigenvalue weighted by Crippen LogP contribution is 2.29. The zero-order valence-corrected chi connectivity index (χ0v) is 19.3. The second kappa shape index (κ2) is 11.1. The Hall–Kier alpha value is -1.37. The Morgan fingerprint density at radius 1 is 1.21 bits per heavy atom. The number of rotatable bonds is 8. The van der Waals surface area contributed by atoms with Crippen LogP contribution in [0.25, 0.3) is 0 Å². The van der Waals surface area contributed by atoms with Crippen LogP contribution in [0.15, 0.2) is 23.2 Å². The molecule has 5 nitrogen and oxygen atoms in total. The fourth-order valence-corrected chi connectivity index (χ4v) is 4.15. The molecule has 1 fully saturated rings. The molecular weight excluding hydrogens is 389 g/mol. The second-order valence-corrected chi connectivity index (χ2v) is 9.06. The molecule has 1 saturated heterocycles. The summed E-state index contributed by atoms with van der Waals surface area (Å²) in [7, 11) is 1.78. The molecule has 0 amide bonds. The molecule has 0 aromatic heterocycles. The van der Waals surface area contributed by atoms with Crippen molar-refractivity contribution in [2.75, 3.05) is 59.4 Å². The zero-order chi connectivity index (χ0) is 21.4. The molecule has 1 aromatic rings. The maximum absolute atomic E-state index is 13.4. The van der Waals surface area contributed by atoms with E-state index >= 15 is 0 Å². The molecule has 2 N–H and O–H groups in total. The van der Waals surface area contributed by atoms with Crippen LogP contribution in [0.4, 0.5) is 4.39 Å². The third-order valence-electron chi connectivity index (χ3n) is 5.68. The maximum atomic E-state index is 13.4. The van der Waals surface area contributed by atoms with Gasteiger partial charge in [-0.25, -0.2) is 4.39 Å². The molecule has 1 aromatic carbocycles. The lowest BCUT2D eigenvalue weighted by Crippen LogP contribution is -2.49. The van der Waals surface area contributed by atoms with E-state index in [1.165, 1.54) is 25.2 Å². The monoisotopic (exact) mass is 425 g/mol. The number of hydrogen-bond acceptors (Lipinski definition) is 3. The van der Waals surface area contributed by atoms with Gasteiger partial charge in [0.25, 0.3) is 0 Å². The standard InChI is InChI=1S/C22H37ClFN5/c1-6-28-9-11-29(12-10-28)15-17(2)14-26-21(25-5)27-16-22(3,4)19-8-7-18(24)13-20(19)23/h7-8,13,17H,6,9-12,14-16H2,1-5H3,(H2,25,26,27). The molecule has 0 spiro atoms. The van der Waals surface area contributed by atoms with E-state index in [9.17, 15) is 4.39 Å². The Morgan fingerprint density at radius 3 is 2.45 bits per heavy atom. The summed E-state index contributed by atoms with van der Waals surface area (Å²) < 4.78 is 13.4. The highest BCUT2D eigenvalue weighted by Gasteiger charge is 2.24. The number of guanidine groups is 1. The summed E-state index contributed by atoms with van der Waals surface area (Å²) in [6.07, 6.45) is 0. The van der Waals surface area contributed by atoms with Crippen molar-refractivity contribution in [2.24, 2.45) is 10.9 Å². The topological polar surface area (TPSA) is 42.9 Å². The van der Waals surface area contributed by atoms with Crippen LogP contribution in [-0.2, 0) is 5.41 Å². The number of likely N-dealkylation sites (N-methyl/N-ethyl adjacent to an activating group) is 1. The molecule has 1 atom stereocenters. The van der Waals surface area contributed by atoms with Gasteiger partial charge in [-0.05, 0) is 30.2 Å². The summed E-state index contributed by atoms with van der Waals surface area (Å²) in [6, 6.07) is 4.58. The Morgan fingerprint density at radius 2 is 1.86 bits per heavy atom. The fourth-order valence-electron chi connectivity index (χ4n) is 3.72. The minimum absolute atomic E-state index is 0.257. The second-order valence-electron chi connectivity index (χ2n) is 8.65. The van der Waals surface area contributed by atoms with Crippen molar-refractivity contribution in [1.29, 1.82) is 0 Å². The molecule has 7 heteroatoms. The van der Waals surface area contributed by atoms with Gasteiger partial charge in [0.2, 0.25) is 0 Å². The fraction of sp³-hybridized carbons (Fsp3) is 0.682. The largest absolute Gasteiger partial charge is 0.356 e. The van der Waals surface area contributed by atoms with E-state index in [4.69, 9.17) is 11.6 Å². The van der Waals surface area contributed by atoms with Gasteiger partial charge in [0.05, 0.1) is 0 Å². The summed E-state index contributed by atoms with van der Waals surface area (Å²) in [4.78, 5) is 9.39. The van der Waals surface area contributed by atoms with Gasteiger partial charge in [-0.15, -0.1) is 0 Å². The van der Waals surface area contributed by atoms with Gasteiger partial charge in [0.1, 0.15) is 5.82 Å². The molecule has 1 aliphatic rings. The number of benzene rings is 1. The van der Waals surface area contributed by atoms with Crippen molar-refractivity contribution in [3.8, 4) is 0 Å². The van der Waals surface area contributed by atoms with Crippen LogP contribution in [0.2, 0.25) is 5.02 Å². The summed E-state index contributed by atoms with van der Waals surface area (Å²) in [5.74, 6) is 0.991. The normalized spacial score (nSPS) is 18.0. The summed E-state index contributed by atoms with van der Waals surface area (Å²) in [5.41, 5.74) is 0.663. The van der Waals surface area contributed by atoms with E-state index in [0.717, 1.165) is 44.2 Å². The molecule has 1 unspecified atom stereocenters. The Bertz CT molecular complexity index is 671. The molecule has 1 heterocycles. The quantitative estimate of drug-likeness (QED) is 0.496. The predicted octanol–water partition coefficient (Wildman–Crippen LogP) is 3.20. The minimum Gasteiger partial charge on any atom is -0.356 e. The smallest absolute Gasteiger partial charge is 0.191 e. The van der Waals surface area contributed by atoms with Crippen LogP contribution < -0.4 is 10.6 Å². The van der Waals surface area contributed by atoms with E-state index in [-0.39, 0.29) is 11.2 Å². The number of halogens is 2. The van der Waals surface area contributed by atoms with Gasteiger partial charge in [0, 0.05) is 63.3 Å². The first-order chi connectivity index (χ1) is 13.7. The summed E-state index contributed by atoms with van der Waals surface area (Å²) >= 11 is 6.26. The summed E-state index contributed by atoms with van der Waals surface area (Å²) in [5, 5.41) is 7.28. The van der Waals surface area contributed by atoms with Gasteiger partial charge in [0.15, 0.2) is 5.96 Å². The van der Waals surface area contributed by atoms with Gasteiger partial charge in [-0.1, -0.05) is 45.4 Å². The highest BCUT2D eigenvalue weighted by molar-refractivity contribution is 6.31. The molecule has 29 heavy (non-hydrogen) atoms. The van der Waals surface area contributed by atoms with Gasteiger partial charge < -0.3 is 20.4 Å². The van der Waals surface area contributed by atoms with Crippen LogP contribution in [0.3, 0.4) is 0 Å². The third kappa shape index (κ3) is 7.43. The average Bonchev–Trinajstić information content (AvgIpc) is 2.68. The SMILES string of the molecule is CCN1CCN(CC(C)CNC(=NC)NCC(C)(C)c2ccc(F)cc2Cl)CC1. The van der Waals surface area contributed by atoms with Crippen molar-refractivity contribution < 1.29 is 4.39 Å². The summed E-state index contributed by atoms with van der Waals surface area (Å²) in [6.45, 7) is 17.1. The van der Waals surface area contributed by atoms with E-state index in [1.54, 1.807) is 13.1 Å². The molecule has 0 bridgehead atoms. The van der Waals surface area contributed by atoms with E-state index in [2.05, 4.69) is 53.1 Å². The molecular formula is C22H37ClFN5. The van der Waals surface area contributed by atoms with Gasteiger partial charge >= 0.3 is 0 Å². The predicted molar refractivity (Wildman–Crippen MR) is 122 cm³/mol. The van der Waals surface area contributed by atoms with Gasteiger partial charge in [-0.3, -0.25) is 4.99 Å². The third-order valence-corrected chi connectivity index (χ3v) is 5.99. The van der Waals surface area contributed by atoms with Crippen molar-refractivity contribution in [1.82, 2.24) is 20.4 Å². The van der Waals surface area contributed by atoms with E-state index in [0.29, 0.717) is 17.5 Å². The van der Waals surface area contributed by atoms with Crippen molar-refractivity contribution in [2.45, 2.75) is 33.1 Å². The lowest BCUT2D eigenvalue weighted by atomic mass is 9.84. The molecule has 0 aliphatic carbocycles.